The van der Waals surface area contributed by atoms with Crippen LogP contribution in [0.5, 0.6) is 0 Å². The molecule has 1 fully saturated rings. The minimum absolute atomic E-state index is 0.117. The van der Waals surface area contributed by atoms with Crippen molar-refractivity contribution >= 4 is 21.8 Å². The van der Waals surface area contributed by atoms with Crippen LogP contribution in [0, 0.1) is 0 Å². The average molecular weight is 338 g/mol. The van der Waals surface area contributed by atoms with Gasteiger partial charge in [0.25, 0.3) is 5.91 Å². The Labute approximate surface area is 136 Å². The second-order valence-electron chi connectivity index (χ2n) is 5.64. The monoisotopic (exact) mass is 338 g/mol. The smallest absolute Gasteiger partial charge is 0.260 e. The van der Waals surface area contributed by atoms with Gasteiger partial charge in [0.05, 0.1) is 5.75 Å². The zero-order chi connectivity index (χ0) is 16.9. The van der Waals surface area contributed by atoms with E-state index in [0.717, 1.165) is 12.8 Å². The molecule has 1 atom stereocenters. The van der Waals surface area contributed by atoms with Gasteiger partial charge in [0.1, 0.15) is 6.04 Å². The largest absolute Gasteiger partial charge is 0.327 e. The van der Waals surface area contributed by atoms with Crippen LogP contribution in [0.2, 0.25) is 0 Å². The third-order valence-electron chi connectivity index (χ3n) is 3.76. The van der Waals surface area contributed by atoms with Gasteiger partial charge in [-0.2, -0.15) is 0 Å². The second-order valence-corrected chi connectivity index (χ2v) is 7.48. The Morgan fingerprint density at radius 2 is 1.96 bits per heavy atom. The highest BCUT2D eigenvalue weighted by molar-refractivity contribution is 7.90. The first kappa shape index (κ1) is 17.5. The summed E-state index contributed by atoms with van der Waals surface area (Å²) in [4.78, 5) is 26.3. The molecule has 7 heteroatoms. The standard InChI is InChI=1S/C16H22N2O4S/c1-2-12-23(21,22)17-16(20)15(13-8-4-3-5-9-13)18-11-7-6-10-14(18)19/h3-5,8-9,15H,2,6-7,10-12H2,1H3,(H,17,20)/t15-/m0/s1. The van der Waals surface area contributed by atoms with Gasteiger partial charge in [-0.05, 0) is 24.8 Å². The predicted octanol–water partition coefficient (Wildman–Crippen LogP) is 1.60. The summed E-state index contributed by atoms with van der Waals surface area (Å²) < 4.78 is 25.9. The van der Waals surface area contributed by atoms with E-state index in [1.165, 1.54) is 4.90 Å². The SMILES string of the molecule is CCCS(=O)(=O)NC(=O)[C@H](c1ccccc1)N1CCCCC1=O. The van der Waals surface area contributed by atoms with E-state index in [9.17, 15) is 18.0 Å². The lowest BCUT2D eigenvalue weighted by molar-refractivity contribution is -0.142. The lowest BCUT2D eigenvalue weighted by atomic mass is 10.0. The van der Waals surface area contributed by atoms with Crippen molar-refractivity contribution in [3.63, 3.8) is 0 Å². The maximum absolute atomic E-state index is 12.6. The fourth-order valence-electron chi connectivity index (χ4n) is 2.74. The summed E-state index contributed by atoms with van der Waals surface area (Å²) in [5, 5.41) is 0. The average Bonchev–Trinajstić information content (AvgIpc) is 2.50. The maximum Gasteiger partial charge on any atom is 0.260 e. The number of piperidine rings is 1. The number of amides is 2. The van der Waals surface area contributed by atoms with Crippen molar-refractivity contribution in [2.45, 2.75) is 38.6 Å². The number of nitrogens with zero attached hydrogens (tertiary/aromatic N) is 1. The number of carbonyl (C=O) groups is 2. The Morgan fingerprint density at radius 1 is 1.26 bits per heavy atom. The molecule has 0 saturated carbocycles. The molecule has 6 nitrogen and oxygen atoms in total. The highest BCUT2D eigenvalue weighted by atomic mass is 32.2. The fraction of sp³-hybridized carbons (Fsp3) is 0.500. The lowest BCUT2D eigenvalue weighted by Crippen LogP contribution is -2.47. The van der Waals surface area contributed by atoms with Gasteiger partial charge in [-0.1, -0.05) is 37.3 Å². The van der Waals surface area contributed by atoms with Crippen molar-refractivity contribution in [3.8, 4) is 0 Å². The molecule has 23 heavy (non-hydrogen) atoms. The molecule has 0 unspecified atom stereocenters. The zero-order valence-electron chi connectivity index (χ0n) is 13.2. The Hall–Kier alpha value is -1.89. The van der Waals surface area contributed by atoms with Crippen LogP contribution in [0.4, 0.5) is 0 Å². The normalized spacial score (nSPS) is 16.9. The summed E-state index contributed by atoms with van der Waals surface area (Å²) in [7, 11) is -3.68. The number of carbonyl (C=O) groups excluding carboxylic acids is 2. The van der Waals surface area contributed by atoms with Gasteiger partial charge in [0.2, 0.25) is 15.9 Å². The molecule has 1 aromatic carbocycles. The van der Waals surface area contributed by atoms with Crippen molar-refractivity contribution in [2.24, 2.45) is 0 Å². The predicted molar refractivity (Wildman–Crippen MR) is 87.0 cm³/mol. The van der Waals surface area contributed by atoms with E-state index in [-0.39, 0.29) is 11.7 Å². The number of sulfonamides is 1. The van der Waals surface area contributed by atoms with Crippen molar-refractivity contribution in [3.05, 3.63) is 35.9 Å². The molecule has 0 spiro atoms. The molecule has 0 aliphatic carbocycles. The minimum atomic E-state index is -3.68. The van der Waals surface area contributed by atoms with E-state index < -0.39 is 22.0 Å². The molecule has 0 aromatic heterocycles. The third-order valence-corrected chi connectivity index (χ3v) is 5.22. The number of rotatable bonds is 6. The number of hydrogen-bond acceptors (Lipinski definition) is 4. The van der Waals surface area contributed by atoms with Crippen LogP contribution in [-0.2, 0) is 19.6 Å². The molecule has 126 valence electrons. The van der Waals surface area contributed by atoms with Gasteiger partial charge in [-0.25, -0.2) is 8.42 Å². The molecule has 1 heterocycles. The van der Waals surface area contributed by atoms with E-state index in [1.54, 1.807) is 31.2 Å². The fourth-order valence-corrected chi connectivity index (χ4v) is 3.79. The van der Waals surface area contributed by atoms with Gasteiger partial charge < -0.3 is 4.90 Å². The van der Waals surface area contributed by atoms with Gasteiger partial charge in [-0.15, -0.1) is 0 Å². The second kappa shape index (κ2) is 7.59. The first-order valence-corrected chi connectivity index (χ1v) is 9.48. The molecular formula is C16H22N2O4S. The summed E-state index contributed by atoms with van der Waals surface area (Å²) >= 11 is 0. The Morgan fingerprint density at radius 3 is 2.57 bits per heavy atom. The van der Waals surface area contributed by atoms with Gasteiger partial charge in [-0.3, -0.25) is 14.3 Å². The first-order chi connectivity index (χ1) is 10.9. The summed E-state index contributed by atoms with van der Waals surface area (Å²) in [5.41, 5.74) is 0.618. The molecule has 1 saturated heterocycles. The number of likely N-dealkylation sites (tertiary alicyclic amines) is 1. The van der Waals surface area contributed by atoms with Crippen LogP contribution >= 0.6 is 0 Å². The van der Waals surface area contributed by atoms with Gasteiger partial charge in [0.15, 0.2) is 0 Å². The van der Waals surface area contributed by atoms with Gasteiger partial charge >= 0.3 is 0 Å². The lowest BCUT2D eigenvalue weighted by Gasteiger charge is -2.33. The zero-order valence-corrected chi connectivity index (χ0v) is 14.0. The third kappa shape index (κ3) is 4.54. The first-order valence-electron chi connectivity index (χ1n) is 7.83. The number of nitrogens with one attached hydrogen (secondary N) is 1. The van der Waals surface area contributed by atoms with Crippen molar-refractivity contribution in [2.75, 3.05) is 12.3 Å². The summed E-state index contributed by atoms with van der Waals surface area (Å²) in [6.45, 7) is 2.19. The van der Waals surface area contributed by atoms with Crippen LogP contribution in [0.1, 0.15) is 44.2 Å². The topological polar surface area (TPSA) is 83.6 Å². The quantitative estimate of drug-likeness (QED) is 0.854. The molecule has 1 N–H and O–H groups in total. The van der Waals surface area contributed by atoms with Crippen molar-refractivity contribution in [1.82, 2.24) is 9.62 Å². The van der Waals surface area contributed by atoms with Crippen LogP contribution < -0.4 is 4.72 Å². The van der Waals surface area contributed by atoms with Crippen LogP contribution in [0.3, 0.4) is 0 Å². The van der Waals surface area contributed by atoms with Crippen molar-refractivity contribution < 1.29 is 18.0 Å². The van der Waals surface area contributed by atoms with E-state index in [0.29, 0.717) is 24.9 Å². The Bertz CT molecular complexity index is 658. The van der Waals surface area contributed by atoms with Gasteiger partial charge in [0, 0.05) is 13.0 Å². The minimum Gasteiger partial charge on any atom is -0.327 e. The molecule has 1 aliphatic heterocycles. The highest BCUT2D eigenvalue weighted by Crippen LogP contribution is 2.26. The van der Waals surface area contributed by atoms with Crippen LogP contribution in [0.25, 0.3) is 0 Å². The molecule has 2 amide bonds. The number of hydrogen-bond donors (Lipinski definition) is 1. The van der Waals surface area contributed by atoms with E-state index >= 15 is 0 Å². The molecule has 2 rings (SSSR count). The van der Waals surface area contributed by atoms with Crippen LogP contribution in [0.15, 0.2) is 30.3 Å². The summed E-state index contributed by atoms with van der Waals surface area (Å²) in [6, 6.07) is 7.91. The van der Waals surface area contributed by atoms with Crippen molar-refractivity contribution in [1.29, 1.82) is 0 Å². The van der Waals surface area contributed by atoms with E-state index in [1.807, 2.05) is 6.07 Å². The maximum atomic E-state index is 12.6. The highest BCUT2D eigenvalue weighted by Gasteiger charge is 2.34. The van der Waals surface area contributed by atoms with Crippen LogP contribution in [-0.4, -0.2) is 37.4 Å². The molecule has 0 bridgehead atoms. The summed E-state index contributed by atoms with van der Waals surface area (Å²) in [6.07, 6.45) is 2.41. The molecule has 1 aliphatic rings. The molecule has 0 radical (unpaired) electrons. The van der Waals surface area contributed by atoms with E-state index in [4.69, 9.17) is 0 Å². The Balaban J connectivity index is 2.30. The summed E-state index contributed by atoms with van der Waals surface area (Å²) in [5.74, 6) is -0.901. The molecular weight excluding hydrogens is 316 g/mol. The molecule has 1 aromatic rings. The van der Waals surface area contributed by atoms with E-state index in [2.05, 4.69) is 4.72 Å². The number of benzene rings is 1. The Kier molecular flexibility index (Phi) is 5.76.